The van der Waals surface area contributed by atoms with Gasteiger partial charge in [-0.15, -0.1) is 5.10 Å². The molecule has 0 bridgehead atoms. The van der Waals surface area contributed by atoms with Crippen molar-refractivity contribution >= 4 is 0 Å². The van der Waals surface area contributed by atoms with Crippen LogP contribution in [0.5, 0.6) is 0 Å². The third kappa shape index (κ3) is 1.59. The summed E-state index contributed by atoms with van der Waals surface area (Å²) in [7, 11) is 0. The zero-order valence-corrected chi connectivity index (χ0v) is 8.65. The maximum Gasteiger partial charge on any atom is 0.102 e. The Kier molecular flexibility index (Phi) is 2.30. The molecule has 82 valence electrons. The first-order valence-electron chi connectivity index (χ1n) is 5.42. The number of rotatable bonds is 1. The van der Waals surface area contributed by atoms with Crippen molar-refractivity contribution in [3.8, 4) is 0 Å². The Morgan fingerprint density at radius 2 is 2.13 bits per heavy atom. The number of nitrogens with one attached hydrogen (secondary N) is 1. The molecule has 3 rings (SSSR count). The molecule has 0 amide bonds. The molecule has 1 fully saturated rings. The van der Waals surface area contributed by atoms with E-state index in [1.54, 1.807) is 0 Å². The van der Waals surface area contributed by atoms with Gasteiger partial charge < -0.3 is 10.1 Å². The Morgan fingerprint density at radius 1 is 1.27 bits per heavy atom. The Morgan fingerprint density at radius 3 is 3.00 bits per heavy atom. The van der Waals surface area contributed by atoms with E-state index in [4.69, 9.17) is 4.74 Å². The highest BCUT2D eigenvalue weighted by Gasteiger charge is 2.21. The molecule has 1 aromatic heterocycles. The van der Waals surface area contributed by atoms with Crippen LogP contribution in [0.4, 0.5) is 0 Å². The van der Waals surface area contributed by atoms with E-state index in [2.05, 4.69) is 20.6 Å². The number of fused-ring (bicyclic) bond motifs is 1. The summed E-state index contributed by atoms with van der Waals surface area (Å²) in [6.07, 6.45) is 1.01. The quantitative estimate of drug-likeness (QED) is 0.636. The largest absolute Gasteiger partial charge is 0.378 e. The van der Waals surface area contributed by atoms with E-state index >= 15 is 0 Å². The van der Waals surface area contributed by atoms with Gasteiger partial charge in [0.25, 0.3) is 0 Å². The molecular formula is C9H15N5O. The number of hydrogen-bond acceptors (Lipinski definition) is 5. The molecule has 0 aliphatic carbocycles. The predicted octanol–water partition coefficient (Wildman–Crippen LogP) is -1.11. The number of ether oxygens (including phenoxy) is 1. The first kappa shape index (κ1) is 9.11. The summed E-state index contributed by atoms with van der Waals surface area (Å²) in [5, 5.41) is 13.9. The highest BCUT2D eigenvalue weighted by atomic mass is 16.5. The second-order valence-electron chi connectivity index (χ2n) is 3.87. The van der Waals surface area contributed by atoms with Crippen LogP contribution < -0.4 is 10.3 Å². The van der Waals surface area contributed by atoms with E-state index in [1.165, 1.54) is 5.69 Å². The van der Waals surface area contributed by atoms with Crippen molar-refractivity contribution in [2.45, 2.75) is 13.0 Å². The summed E-state index contributed by atoms with van der Waals surface area (Å²) < 4.78 is 5.33. The van der Waals surface area contributed by atoms with Crippen molar-refractivity contribution in [2.24, 2.45) is 0 Å². The molecule has 0 saturated carbocycles. The maximum atomic E-state index is 5.33. The molecule has 6 nitrogen and oxygen atoms in total. The summed E-state index contributed by atoms with van der Waals surface area (Å²) in [5.74, 6) is 0. The predicted molar refractivity (Wildman–Crippen MR) is 54.2 cm³/mol. The lowest BCUT2D eigenvalue weighted by atomic mass is 10.2. The maximum absolute atomic E-state index is 5.33. The molecule has 3 heterocycles. The van der Waals surface area contributed by atoms with Gasteiger partial charge in [0.2, 0.25) is 0 Å². The van der Waals surface area contributed by atoms with Crippen molar-refractivity contribution in [1.29, 1.82) is 0 Å². The van der Waals surface area contributed by atoms with Gasteiger partial charge in [0.05, 0.1) is 32.0 Å². The molecule has 1 aromatic rings. The molecule has 0 radical (unpaired) electrons. The molecule has 1 N–H and O–H groups in total. The lowest BCUT2D eigenvalue weighted by molar-refractivity contribution is 0.108. The third-order valence-corrected chi connectivity index (χ3v) is 2.91. The lowest BCUT2D eigenvalue weighted by Gasteiger charge is -2.29. The van der Waals surface area contributed by atoms with Gasteiger partial charge in [0.15, 0.2) is 0 Å². The van der Waals surface area contributed by atoms with Gasteiger partial charge >= 0.3 is 0 Å². The van der Waals surface area contributed by atoms with E-state index in [1.807, 2.05) is 4.79 Å². The van der Waals surface area contributed by atoms with E-state index < -0.39 is 0 Å². The van der Waals surface area contributed by atoms with Gasteiger partial charge in [0, 0.05) is 19.5 Å². The van der Waals surface area contributed by atoms with Gasteiger partial charge in [-0.2, -0.15) is 4.79 Å². The van der Waals surface area contributed by atoms with Crippen LogP contribution in [0.15, 0.2) is 0 Å². The van der Waals surface area contributed by atoms with Crippen molar-refractivity contribution < 1.29 is 4.74 Å². The van der Waals surface area contributed by atoms with Crippen molar-refractivity contribution in [3.63, 3.8) is 0 Å². The fourth-order valence-corrected chi connectivity index (χ4v) is 2.09. The van der Waals surface area contributed by atoms with Crippen LogP contribution in [0.25, 0.3) is 0 Å². The average molecular weight is 209 g/mol. The van der Waals surface area contributed by atoms with Crippen molar-refractivity contribution in [2.75, 3.05) is 37.9 Å². The second-order valence-corrected chi connectivity index (χ2v) is 3.87. The van der Waals surface area contributed by atoms with E-state index in [0.717, 1.165) is 51.5 Å². The standard InChI is InChI=1S/C9H15N5O/c1-2-10-7-8-9(1)14(12-11-8)13-3-5-15-6-4-13/h10H,1-7H2. The van der Waals surface area contributed by atoms with E-state index in [0.29, 0.717) is 0 Å². The zero-order chi connectivity index (χ0) is 10.1. The number of morpholine rings is 1. The minimum absolute atomic E-state index is 0.785. The molecule has 0 atom stereocenters. The van der Waals surface area contributed by atoms with E-state index in [-0.39, 0.29) is 0 Å². The van der Waals surface area contributed by atoms with Crippen LogP contribution in [0.3, 0.4) is 0 Å². The second kappa shape index (κ2) is 3.79. The molecule has 1 saturated heterocycles. The van der Waals surface area contributed by atoms with Crippen molar-refractivity contribution in [1.82, 2.24) is 20.4 Å². The van der Waals surface area contributed by atoms with E-state index in [9.17, 15) is 0 Å². The van der Waals surface area contributed by atoms with Crippen LogP contribution in [0, 0.1) is 0 Å². The Bertz CT molecular complexity index is 344. The van der Waals surface area contributed by atoms with Crippen LogP contribution >= 0.6 is 0 Å². The fraction of sp³-hybridized carbons (Fsp3) is 0.778. The molecule has 0 aromatic carbocycles. The first-order chi connectivity index (χ1) is 7.45. The average Bonchev–Trinajstić information content (AvgIpc) is 2.74. The summed E-state index contributed by atoms with van der Waals surface area (Å²) in [6, 6.07) is 0. The fourth-order valence-electron chi connectivity index (χ4n) is 2.09. The SMILES string of the molecule is C1Cc2c(nnn2N2CCOCC2)CN1. The van der Waals surface area contributed by atoms with Gasteiger partial charge in [-0.1, -0.05) is 0 Å². The molecule has 15 heavy (non-hydrogen) atoms. The van der Waals surface area contributed by atoms with Gasteiger partial charge in [0.1, 0.15) is 5.69 Å². The lowest BCUT2D eigenvalue weighted by Crippen LogP contribution is -2.46. The minimum Gasteiger partial charge on any atom is -0.378 e. The van der Waals surface area contributed by atoms with Crippen LogP contribution in [-0.4, -0.2) is 48.0 Å². The van der Waals surface area contributed by atoms with Gasteiger partial charge in [-0.25, -0.2) is 0 Å². The molecule has 0 spiro atoms. The van der Waals surface area contributed by atoms with Crippen LogP contribution in [-0.2, 0) is 17.7 Å². The summed E-state index contributed by atoms with van der Waals surface area (Å²) in [4.78, 5) is 1.97. The number of hydrogen-bond donors (Lipinski definition) is 1. The summed E-state index contributed by atoms with van der Waals surface area (Å²) in [5.41, 5.74) is 2.35. The number of aromatic nitrogens is 3. The normalized spacial score (nSPS) is 21.5. The molecule has 6 heteroatoms. The smallest absolute Gasteiger partial charge is 0.102 e. The van der Waals surface area contributed by atoms with Crippen LogP contribution in [0.2, 0.25) is 0 Å². The highest BCUT2D eigenvalue weighted by Crippen LogP contribution is 2.11. The van der Waals surface area contributed by atoms with Gasteiger partial charge in [-0.05, 0) is 5.21 Å². The molecule has 0 unspecified atom stereocenters. The first-order valence-corrected chi connectivity index (χ1v) is 5.42. The van der Waals surface area contributed by atoms with Crippen molar-refractivity contribution in [3.05, 3.63) is 11.4 Å². The highest BCUT2D eigenvalue weighted by molar-refractivity contribution is 5.15. The van der Waals surface area contributed by atoms with Crippen LogP contribution in [0.1, 0.15) is 11.4 Å². The topological polar surface area (TPSA) is 55.2 Å². The summed E-state index contributed by atoms with van der Waals surface area (Å²) >= 11 is 0. The Balaban J connectivity index is 1.87. The minimum atomic E-state index is 0.785. The monoisotopic (exact) mass is 209 g/mol. The Hall–Kier alpha value is -1.14. The summed E-state index contributed by atoms with van der Waals surface area (Å²) in [6.45, 7) is 5.25. The molecule has 2 aliphatic heterocycles. The number of nitrogens with zero attached hydrogens (tertiary/aromatic N) is 4. The molecular weight excluding hydrogens is 194 g/mol. The Labute approximate surface area is 88.2 Å². The van der Waals surface area contributed by atoms with Gasteiger partial charge in [-0.3, -0.25) is 5.01 Å². The third-order valence-electron chi connectivity index (χ3n) is 2.91. The zero-order valence-electron chi connectivity index (χ0n) is 8.65. The molecule has 2 aliphatic rings.